The van der Waals surface area contributed by atoms with Crippen LogP contribution >= 0.6 is 0 Å². The number of amides is 2. The number of likely N-dealkylation sites (N-methyl/N-ethyl adjacent to an activating group) is 1. The molecule has 41 heavy (non-hydrogen) atoms. The maximum Gasteiger partial charge on any atom is 0.417 e. The van der Waals surface area contributed by atoms with Gasteiger partial charge in [-0.25, -0.2) is 4.79 Å². The normalized spacial score (nSPS) is 14.7. The van der Waals surface area contributed by atoms with Crippen LogP contribution in [-0.2, 0) is 11.6 Å². The fraction of sp³-hybridized carbons (Fsp3) is 0.400. The Morgan fingerprint density at radius 2 is 1.71 bits per heavy atom. The van der Waals surface area contributed by atoms with Crippen molar-refractivity contribution in [2.75, 3.05) is 57.0 Å². The van der Waals surface area contributed by atoms with E-state index in [4.69, 9.17) is 9.26 Å². The first-order valence-electron chi connectivity index (χ1n) is 13.3. The zero-order valence-electron chi connectivity index (χ0n) is 23.6. The maximum atomic E-state index is 13.8. The molecule has 1 aliphatic rings. The third-order valence-corrected chi connectivity index (χ3v) is 6.54. The van der Waals surface area contributed by atoms with E-state index in [9.17, 15) is 18.0 Å². The number of carbonyl (C=O) groups excluding carboxylic acids is 1. The van der Waals surface area contributed by atoms with Crippen molar-refractivity contribution in [3.8, 4) is 17.6 Å². The predicted molar refractivity (Wildman–Crippen MR) is 151 cm³/mol. The predicted octanol–water partition coefficient (Wildman–Crippen LogP) is 5.66. The van der Waals surface area contributed by atoms with Crippen LogP contribution in [0.1, 0.15) is 43.2 Å². The lowest BCUT2D eigenvalue weighted by Crippen LogP contribution is -2.45. The summed E-state index contributed by atoms with van der Waals surface area (Å²) in [7, 11) is 2.06. The number of rotatable bonds is 6. The van der Waals surface area contributed by atoms with Gasteiger partial charge in [0.2, 0.25) is 0 Å². The number of nitrogens with one attached hydrogen (secondary N) is 2. The van der Waals surface area contributed by atoms with Gasteiger partial charge >= 0.3 is 12.2 Å². The molecule has 4 rings (SSSR count). The van der Waals surface area contributed by atoms with E-state index in [0.717, 1.165) is 32.2 Å². The van der Waals surface area contributed by atoms with Crippen molar-refractivity contribution in [1.29, 1.82) is 0 Å². The third-order valence-electron chi connectivity index (χ3n) is 6.54. The van der Waals surface area contributed by atoms with Crippen molar-refractivity contribution in [2.24, 2.45) is 0 Å². The van der Waals surface area contributed by atoms with Crippen LogP contribution in [0.4, 0.5) is 29.5 Å². The summed E-state index contributed by atoms with van der Waals surface area (Å²) < 4.78 is 52.3. The molecular formula is C30H34F3N5O3. The zero-order chi connectivity index (χ0) is 29.6. The lowest BCUT2D eigenvalue weighted by atomic mass is 9.93. The lowest BCUT2D eigenvalue weighted by Gasteiger charge is -2.32. The largest absolute Gasteiger partial charge is 0.492 e. The van der Waals surface area contributed by atoms with Gasteiger partial charge in [-0.2, -0.15) is 13.2 Å². The molecule has 0 spiro atoms. The number of halogens is 3. The van der Waals surface area contributed by atoms with Crippen LogP contribution in [0, 0.1) is 11.8 Å². The number of aromatic nitrogens is 1. The van der Waals surface area contributed by atoms with Crippen LogP contribution in [0.3, 0.4) is 0 Å². The first-order chi connectivity index (χ1) is 19.4. The van der Waals surface area contributed by atoms with E-state index in [0.29, 0.717) is 30.2 Å². The molecule has 0 unspecified atom stereocenters. The first-order valence-corrected chi connectivity index (χ1v) is 13.3. The second-order valence-corrected chi connectivity index (χ2v) is 10.9. The molecule has 2 aromatic carbocycles. The van der Waals surface area contributed by atoms with Crippen LogP contribution < -0.4 is 15.4 Å². The molecule has 1 aromatic heterocycles. The third kappa shape index (κ3) is 8.74. The molecule has 0 aliphatic carbocycles. The van der Waals surface area contributed by atoms with E-state index < -0.39 is 17.8 Å². The summed E-state index contributed by atoms with van der Waals surface area (Å²) in [5, 5.41) is 9.10. The Kier molecular flexibility index (Phi) is 9.25. The Morgan fingerprint density at radius 3 is 2.34 bits per heavy atom. The monoisotopic (exact) mass is 569 g/mol. The number of carbonyl (C=O) groups is 1. The van der Waals surface area contributed by atoms with Gasteiger partial charge in [-0.05, 0) is 49.5 Å². The summed E-state index contributed by atoms with van der Waals surface area (Å²) in [6.07, 6.45) is -4.58. The number of hydrogen-bond donors (Lipinski definition) is 2. The SMILES string of the molecule is CN1CCN(CCOc2ccc(C#Cc3ccc(NC(=O)Nc4cc(C(C)(C)C)on4)cc3)c(C(F)(F)F)c2)CC1. The molecule has 218 valence electrons. The van der Waals surface area contributed by atoms with Gasteiger partial charge in [0.25, 0.3) is 0 Å². The molecule has 1 saturated heterocycles. The number of alkyl halides is 3. The highest BCUT2D eigenvalue weighted by atomic mass is 19.4. The van der Waals surface area contributed by atoms with E-state index in [2.05, 4.69) is 44.5 Å². The highest BCUT2D eigenvalue weighted by molar-refractivity contribution is 5.99. The van der Waals surface area contributed by atoms with Crippen molar-refractivity contribution in [3.05, 3.63) is 71.0 Å². The van der Waals surface area contributed by atoms with Crippen molar-refractivity contribution >= 4 is 17.5 Å². The fourth-order valence-corrected chi connectivity index (χ4v) is 4.06. The molecule has 2 amide bonds. The summed E-state index contributed by atoms with van der Waals surface area (Å²) in [6, 6.07) is 11.4. The molecule has 1 aliphatic heterocycles. The van der Waals surface area contributed by atoms with Crippen molar-refractivity contribution in [2.45, 2.75) is 32.4 Å². The molecule has 8 nitrogen and oxygen atoms in total. The topological polar surface area (TPSA) is 82.9 Å². The number of piperazine rings is 1. The van der Waals surface area contributed by atoms with Crippen LogP contribution in [0.2, 0.25) is 0 Å². The number of benzene rings is 2. The molecule has 1 fully saturated rings. The van der Waals surface area contributed by atoms with E-state index in [-0.39, 0.29) is 22.5 Å². The smallest absolute Gasteiger partial charge is 0.417 e. The van der Waals surface area contributed by atoms with Gasteiger partial charge in [0.1, 0.15) is 18.1 Å². The van der Waals surface area contributed by atoms with Gasteiger partial charge in [-0.15, -0.1) is 0 Å². The van der Waals surface area contributed by atoms with Crippen molar-refractivity contribution < 1.29 is 27.2 Å². The Morgan fingerprint density at radius 1 is 1.00 bits per heavy atom. The summed E-state index contributed by atoms with van der Waals surface area (Å²) >= 11 is 0. The zero-order valence-corrected chi connectivity index (χ0v) is 23.6. The van der Waals surface area contributed by atoms with E-state index in [1.165, 1.54) is 12.1 Å². The molecule has 2 heterocycles. The summed E-state index contributed by atoms with van der Waals surface area (Å²) in [6.45, 7) is 10.6. The number of hydrogen-bond acceptors (Lipinski definition) is 6. The van der Waals surface area contributed by atoms with Crippen LogP contribution in [0.15, 0.2) is 53.1 Å². The lowest BCUT2D eigenvalue weighted by molar-refractivity contribution is -0.137. The highest BCUT2D eigenvalue weighted by Crippen LogP contribution is 2.34. The quantitative estimate of drug-likeness (QED) is 0.373. The van der Waals surface area contributed by atoms with Gasteiger partial charge in [0.05, 0.1) is 5.56 Å². The van der Waals surface area contributed by atoms with E-state index in [1.54, 1.807) is 30.3 Å². The van der Waals surface area contributed by atoms with Crippen LogP contribution in [0.25, 0.3) is 0 Å². The number of anilines is 2. The highest BCUT2D eigenvalue weighted by Gasteiger charge is 2.33. The van der Waals surface area contributed by atoms with E-state index >= 15 is 0 Å². The minimum absolute atomic E-state index is 0.146. The Bertz CT molecular complexity index is 1390. The molecular weight excluding hydrogens is 535 g/mol. The Hall–Kier alpha value is -4.01. The molecule has 2 N–H and O–H groups in total. The van der Waals surface area contributed by atoms with Gasteiger partial charge < -0.3 is 19.5 Å². The van der Waals surface area contributed by atoms with Gasteiger partial charge in [-0.1, -0.05) is 37.8 Å². The molecule has 11 heteroatoms. The first kappa shape index (κ1) is 30.0. The Balaban J connectivity index is 1.35. The number of nitrogens with zero attached hydrogens (tertiary/aromatic N) is 3. The number of ether oxygens (including phenoxy) is 1. The minimum Gasteiger partial charge on any atom is -0.492 e. The minimum atomic E-state index is -4.58. The fourth-order valence-electron chi connectivity index (χ4n) is 4.06. The molecule has 0 atom stereocenters. The van der Waals surface area contributed by atoms with Gasteiger partial charge in [0.15, 0.2) is 5.82 Å². The second-order valence-electron chi connectivity index (χ2n) is 10.9. The molecule has 0 saturated carbocycles. The standard InChI is InChI=1S/C30H34F3N5O3/c1-29(2,3)26-20-27(36-41-26)35-28(39)34-23-10-6-21(7-11-23)5-8-22-9-12-24(19-25(22)30(31,32)33)40-18-17-38-15-13-37(4)14-16-38/h6-7,9-12,19-20H,13-18H2,1-4H3,(H2,34,35,36,39). The van der Waals surface area contributed by atoms with Crippen LogP contribution in [-0.4, -0.2) is 67.4 Å². The summed E-state index contributed by atoms with van der Waals surface area (Å²) in [4.78, 5) is 16.8. The second kappa shape index (κ2) is 12.7. The number of urea groups is 1. The average molecular weight is 570 g/mol. The summed E-state index contributed by atoms with van der Waals surface area (Å²) in [5.41, 5.74) is -0.279. The van der Waals surface area contributed by atoms with Gasteiger partial charge in [-0.3, -0.25) is 10.2 Å². The maximum absolute atomic E-state index is 13.8. The molecule has 3 aromatic rings. The van der Waals surface area contributed by atoms with Crippen molar-refractivity contribution in [1.82, 2.24) is 15.0 Å². The Labute approximate surface area is 237 Å². The van der Waals surface area contributed by atoms with Crippen molar-refractivity contribution in [3.63, 3.8) is 0 Å². The molecule has 0 bridgehead atoms. The van der Waals surface area contributed by atoms with E-state index in [1.807, 2.05) is 20.8 Å². The van der Waals surface area contributed by atoms with Crippen LogP contribution in [0.5, 0.6) is 5.75 Å². The molecule has 0 radical (unpaired) electrons. The average Bonchev–Trinajstić information content (AvgIpc) is 3.38. The summed E-state index contributed by atoms with van der Waals surface area (Å²) in [5.74, 6) is 6.46. The van der Waals surface area contributed by atoms with Gasteiger partial charge in [0, 0.05) is 61.0 Å².